The summed E-state index contributed by atoms with van der Waals surface area (Å²) >= 11 is 0. The summed E-state index contributed by atoms with van der Waals surface area (Å²) in [6, 6.07) is 17.2. The van der Waals surface area contributed by atoms with Gasteiger partial charge in [0, 0.05) is 16.6 Å². The van der Waals surface area contributed by atoms with E-state index in [1.54, 1.807) is 30.5 Å². The lowest BCUT2D eigenvalue weighted by Gasteiger charge is -2.16. The number of benzene rings is 3. The molecule has 0 aliphatic rings. The molecular formula is C21H18N4O3. The van der Waals surface area contributed by atoms with E-state index >= 15 is 0 Å². The van der Waals surface area contributed by atoms with E-state index in [-0.39, 0.29) is 0 Å². The lowest BCUT2D eigenvalue weighted by molar-refractivity contribution is -0.118. The van der Waals surface area contributed by atoms with Crippen LogP contribution in [0, 0.1) is 0 Å². The van der Waals surface area contributed by atoms with Crippen LogP contribution >= 0.6 is 0 Å². The predicted molar refractivity (Wildman–Crippen MR) is 107 cm³/mol. The number of carbonyl (C=O) groups excluding carboxylic acids is 2. The molecule has 140 valence electrons. The minimum absolute atomic E-state index is 0.420. The fourth-order valence-electron chi connectivity index (χ4n) is 3.01. The number of hydrogen-bond acceptors (Lipinski definition) is 4. The molecule has 3 aromatic carbocycles. The van der Waals surface area contributed by atoms with Crippen molar-refractivity contribution in [1.82, 2.24) is 15.5 Å². The molecule has 1 aromatic heterocycles. The highest BCUT2D eigenvalue weighted by molar-refractivity contribution is 6.03. The number of aromatic amines is 1. The molecule has 0 bridgehead atoms. The molecular weight excluding hydrogens is 356 g/mol. The topological polar surface area (TPSA) is 107 Å². The Labute approximate surface area is 160 Å². The van der Waals surface area contributed by atoms with Crippen molar-refractivity contribution in [2.75, 3.05) is 11.9 Å². The summed E-state index contributed by atoms with van der Waals surface area (Å²) in [6.07, 6.45) is 1.68. The number of nitrogens with one attached hydrogen (secondary N) is 3. The van der Waals surface area contributed by atoms with Gasteiger partial charge in [-0.3, -0.25) is 14.7 Å². The fourth-order valence-corrected chi connectivity index (χ4v) is 3.01. The van der Waals surface area contributed by atoms with Gasteiger partial charge in [-0.1, -0.05) is 30.3 Å². The Bertz CT molecular complexity index is 1170. The monoisotopic (exact) mass is 374 g/mol. The van der Waals surface area contributed by atoms with E-state index in [1.165, 1.54) is 0 Å². The Kier molecular flexibility index (Phi) is 4.74. The number of hydrogen-bond donors (Lipinski definition) is 4. The van der Waals surface area contributed by atoms with E-state index in [0.717, 1.165) is 21.7 Å². The van der Waals surface area contributed by atoms with Crippen LogP contribution in [0.3, 0.4) is 0 Å². The van der Waals surface area contributed by atoms with Crippen molar-refractivity contribution in [3.05, 3.63) is 72.4 Å². The minimum atomic E-state index is -1.07. The first-order valence-corrected chi connectivity index (χ1v) is 8.78. The first kappa shape index (κ1) is 17.7. The minimum Gasteiger partial charge on any atom is -0.394 e. The van der Waals surface area contributed by atoms with Gasteiger partial charge in [0.1, 0.15) is 6.04 Å². The Morgan fingerprint density at radius 3 is 2.61 bits per heavy atom. The molecule has 0 saturated carbocycles. The highest BCUT2D eigenvalue weighted by Crippen LogP contribution is 2.17. The maximum Gasteiger partial charge on any atom is 0.252 e. The van der Waals surface area contributed by atoms with Crippen LogP contribution in [0.15, 0.2) is 66.9 Å². The second kappa shape index (κ2) is 7.50. The van der Waals surface area contributed by atoms with E-state index in [1.807, 2.05) is 36.4 Å². The average molecular weight is 374 g/mol. The SMILES string of the molecule is O=C(NC(CO)C(=O)Nc1ccc2cn[nH]c2c1)c1ccc2ccccc2c1. The number of aliphatic hydroxyl groups is 1. The number of nitrogens with zero attached hydrogens (tertiary/aromatic N) is 1. The first-order valence-electron chi connectivity index (χ1n) is 8.78. The van der Waals surface area contributed by atoms with Crippen molar-refractivity contribution in [3.8, 4) is 0 Å². The van der Waals surface area contributed by atoms with Crippen molar-refractivity contribution in [2.24, 2.45) is 0 Å². The molecule has 7 heteroatoms. The quantitative estimate of drug-likeness (QED) is 0.430. The zero-order valence-electron chi connectivity index (χ0n) is 14.8. The average Bonchev–Trinajstić information content (AvgIpc) is 3.19. The third kappa shape index (κ3) is 3.56. The van der Waals surface area contributed by atoms with Crippen molar-refractivity contribution in [1.29, 1.82) is 0 Å². The Morgan fingerprint density at radius 1 is 1.00 bits per heavy atom. The Hall–Kier alpha value is -3.71. The molecule has 4 rings (SSSR count). The molecule has 0 spiro atoms. The van der Waals surface area contributed by atoms with Crippen LogP contribution in [0.5, 0.6) is 0 Å². The zero-order chi connectivity index (χ0) is 19.5. The van der Waals surface area contributed by atoms with Gasteiger partial charge in [-0.05, 0) is 41.1 Å². The molecule has 4 N–H and O–H groups in total. The summed E-state index contributed by atoms with van der Waals surface area (Å²) in [5.74, 6) is -0.931. The summed E-state index contributed by atoms with van der Waals surface area (Å²) < 4.78 is 0. The van der Waals surface area contributed by atoms with E-state index in [2.05, 4.69) is 20.8 Å². The third-order valence-corrected chi connectivity index (χ3v) is 4.53. The number of fused-ring (bicyclic) bond motifs is 2. The smallest absolute Gasteiger partial charge is 0.252 e. The van der Waals surface area contributed by atoms with Crippen molar-refractivity contribution >= 4 is 39.2 Å². The van der Waals surface area contributed by atoms with Gasteiger partial charge in [-0.2, -0.15) is 5.10 Å². The van der Waals surface area contributed by atoms with Gasteiger partial charge in [-0.25, -0.2) is 0 Å². The molecule has 0 radical (unpaired) electrons. The second-order valence-electron chi connectivity index (χ2n) is 6.43. The molecule has 1 heterocycles. The van der Waals surface area contributed by atoms with Crippen LogP contribution in [0.25, 0.3) is 21.7 Å². The largest absolute Gasteiger partial charge is 0.394 e. The van der Waals surface area contributed by atoms with Crippen LogP contribution in [0.4, 0.5) is 5.69 Å². The Morgan fingerprint density at radius 2 is 1.79 bits per heavy atom. The maximum atomic E-state index is 12.5. The summed E-state index contributed by atoms with van der Waals surface area (Å²) in [4.78, 5) is 25.0. The molecule has 4 aromatic rings. The number of H-pyrrole nitrogens is 1. The highest BCUT2D eigenvalue weighted by Gasteiger charge is 2.21. The van der Waals surface area contributed by atoms with Crippen LogP contribution in [-0.4, -0.2) is 39.8 Å². The summed E-state index contributed by atoms with van der Waals surface area (Å²) in [6.45, 7) is -0.516. The summed E-state index contributed by atoms with van der Waals surface area (Å²) in [7, 11) is 0. The molecule has 2 amide bonds. The van der Waals surface area contributed by atoms with Gasteiger partial charge in [0.05, 0.1) is 18.3 Å². The van der Waals surface area contributed by atoms with E-state index in [0.29, 0.717) is 11.3 Å². The molecule has 0 fully saturated rings. The van der Waals surface area contributed by atoms with Crippen LogP contribution < -0.4 is 10.6 Å². The number of anilines is 1. The number of aliphatic hydroxyl groups excluding tert-OH is 1. The number of rotatable bonds is 5. The summed E-state index contributed by atoms with van der Waals surface area (Å²) in [5, 5.41) is 24.5. The zero-order valence-corrected chi connectivity index (χ0v) is 14.8. The number of aromatic nitrogens is 2. The predicted octanol–water partition coefficient (Wildman–Crippen LogP) is 2.45. The van der Waals surface area contributed by atoms with Gasteiger partial charge in [0.25, 0.3) is 5.91 Å². The number of carbonyl (C=O) groups is 2. The molecule has 0 saturated heterocycles. The molecule has 1 atom stereocenters. The van der Waals surface area contributed by atoms with Crippen molar-refractivity contribution < 1.29 is 14.7 Å². The van der Waals surface area contributed by atoms with Gasteiger partial charge < -0.3 is 15.7 Å². The maximum absolute atomic E-state index is 12.5. The van der Waals surface area contributed by atoms with Gasteiger partial charge in [0.15, 0.2) is 0 Å². The lowest BCUT2D eigenvalue weighted by atomic mass is 10.1. The lowest BCUT2D eigenvalue weighted by Crippen LogP contribution is -2.46. The van der Waals surface area contributed by atoms with E-state index in [4.69, 9.17) is 0 Å². The molecule has 0 aliphatic heterocycles. The Balaban J connectivity index is 1.47. The van der Waals surface area contributed by atoms with Gasteiger partial charge >= 0.3 is 0 Å². The van der Waals surface area contributed by atoms with Crippen LogP contribution in [-0.2, 0) is 4.79 Å². The normalized spacial score (nSPS) is 12.0. The van der Waals surface area contributed by atoms with E-state index < -0.39 is 24.5 Å². The van der Waals surface area contributed by atoms with Gasteiger partial charge in [-0.15, -0.1) is 0 Å². The molecule has 7 nitrogen and oxygen atoms in total. The number of amides is 2. The van der Waals surface area contributed by atoms with Crippen LogP contribution in [0.2, 0.25) is 0 Å². The molecule has 28 heavy (non-hydrogen) atoms. The van der Waals surface area contributed by atoms with Crippen molar-refractivity contribution in [3.63, 3.8) is 0 Å². The first-order chi connectivity index (χ1) is 13.6. The third-order valence-electron chi connectivity index (χ3n) is 4.53. The standard InChI is InChI=1S/C21H18N4O3/c26-12-19(21(28)23-17-8-7-16-11-22-25-18(16)10-17)24-20(27)15-6-5-13-3-1-2-4-14(13)9-15/h1-11,19,26H,12H2,(H,22,25)(H,23,28)(H,24,27). The van der Waals surface area contributed by atoms with Crippen molar-refractivity contribution in [2.45, 2.75) is 6.04 Å². The molecule has 0 aliphatic carbocycles. The van der Waals surface area contributed by atoms with Gasteiger partial charge in [0.2, 0.25) is 5.91 Å². The van der Waals surface area contributed by atoms with E-state index in [9.17, 15) is 14.7 Å². The highest BCUT2D eigenvalue weighted by atomic mass is 16.3. The second-order valence-corrected chi connectivity index (χ2v) is 6.43. The van der Waals surface area contributed by atoms with Crippen LogP contribution in [0.1, 0.15) is 10.4 Å². The summed E-state index contributed by atoms with van der Waals surface area (Å²) in [5.41, 5.74) is 1.74. The fraction of sp³-hybridized carbons (Fsp3) is 0.0952. The molecule has 1 unspecified atom stereocenters.